The lowest BCUT2D eigenvalue weighted by Crippen LogP contribution is -2.45. The van der Waals surface area contributed by atoms with Gasteiger partial charge in [0.15, 0.2) is 0 Å². The molecule has 0 radical (unpaired) electrons. The van der Waals surface area contributed by atoms with Gasteiger partial charge in [-0.3, -0.25) is 19.3 Å². The van der Waals surface area contributed by atoms with Gasteiger partial charge in [0.2, 0.25) is 5.91 Å². The van der Waals surface area contributed by atoms with E-state index >= 15 is 0 Å². The van der Waals surface area contributed by atoms with Crippen LogP contribution in [0, 0.1) is 0 Å². The van der Waals surface area contributed by atoms with E-state index in [0.717, 1.165) is 10.6 Å². The van der Waals surface area contributed by atoms with E-state index in [1.807, 2.05) is 44.2 Å². The third-order valence-corrected chi connectivity index (χ3v) is 3.99. The van der Waals surface area contributed by atoms with Crippen LogP contribution in [0.3, 0.4) is 0 Å². The molecule has 0 saturated carbocycles. The quantitative estimate of drug-likeness (QED) is 0.813. The zero-order chi connectivity index (χ0) is 17.3. The third kappa shape index (κ3) is 2.69. The van der Waals surface area contributed by atoms with Crippen molar-refractivity contribution in [1.29, 1.82) is 0 Å². The fourth-order valence-electron chi connectivity index (χ4n) is 2.91. The van der Waals surface area contributed by atoms with Crippen LogP contribution in [-0.2, 0) is 4.79 Å². The normalized spacial score (nSPS) is 13.4. The Morgan fingerprint density at radius 1 is 0.917 bits per heavy atom. The molecule has 0 N–H and O–H groups in total. The molecular weight excluding hydrogens is 304 g/mol. The van der Waals surface area contributed by atoms with E-state index in [-0.39, 0.29) is 18.5 Å². The van der Waals surface area contributed by atoms with Crippen molar-refractivity contribution in [3.8, 4) is 0 Å². The number of rotatable bonds is 4. The molecule has 0 aromatic heterocycles. The molecule has 1 aliphatic rings. The first-order valence-corrected chi connectivity index (χ1v) is 7.83. The lowest BCUT2D eigenvalue weighted by Gasteiger charge is -2.28. The van der Waals surface area contributed by atoms with Crippen LogP contribution >= 0.6 is 0 Å². The van der Waals surface area contributed by atoms with Gasteiger partial charge in [-0.25, -0.2) is 0 Å². The van der Waals surface area contributed by atoms with Gasteiger partial charge in [0, 0.05) is 11.7 Å². The van der Waals surface area contributed by atoms with Gasteiger partial charge in [-0.1, -0.05) is 30.3 Å². The van der Waals surface area contributed by atoms with Crippen molar-refractivity contribution in [1.82, 2.24) is 4.90 Å². The summed E-state index contributed by atoms with van der Waals surface area (Å²) < 4.78 is 0. The van der Waals surface area contributed by atoms with Crippen molar-refractivity contribution in [3.05, 3.63) is 65.7 Å². The van der Waals surface area contributed by atoms with Crippen LogP contribution in [-0.4, -0.2) is 35.2 Å². The van der Waals surface area contributed by atoms with Crippen LogP contribution in [0.4, 0.5) is 5.69 Å². The highest BCUT2D eigenvalue weighted by Crippen LogP contribution is 2.23. The van der Waals surface area contributed by atoms with Crippen LogP contribution in [0.25, 0.3) is 0 Å². The molecule has 2 aromatic carbocycles. The number of para-hydroxylation sites is 1. The molecule has 1 aliphatic heterocycles. The Labute approximate surface area is 140 Å². The summed E-state index contributed by atoms with van der Waals surface area (Å²) in [6, 6.07) is 15.8. The second kappa shape index (κ2) is 6.28. The SMILES string of the molecule is CC(C)N(C(=O)CN1C(=O)c2ccccc2C1=O)c1ccccc1. The Kier molecular flexibility index (Phi) is 4.16. The molecule has 5 heteroatoms. The molecule has 0 fully saturated rings. The van der Waals surface area contributed by atoms with Crippen LogP contribution in [0.2, 0.25) is 0 Å². The maximum atomic E-state index is 12.8. The lowest BCUT2D eigenvalue weighted by molar-refractivity contribution is -0.119. The fourth-order valence-corrected chi connectivity index (χ4v) is 2.91. The minimum absolute atomic E-state index is 0.0879. The van der Waals surface area contributed by atoms with Crippen LogP contribution < -0.4 is 4.90 Å². The molecule has 0 spiro atoms. The van der Waals surface area contributed by atoms with Gasteiger partial charge in [0.1, 0.15) is 6.54 Å². The smallest absolute Gasteiger partial charge is 0.262 e. The summed E-state index contributed by atoms with van der Waals surface area (Å²) in [5.41, 5.74) is 1.45. The first-order chi connectivity index (χ1) is 11.5. The summed E-state index contributed by atoms with van der Waals surface area (Å²) in [4.78, 5) is 40.2. The highest BCUT2D eigenvalue weighted by Gasteiger charge is 2.37. The van der Waals surface area contributed by atoms with Crippen molar-refractivity contribution in [3.63, 3.8) is 0 Å². The molecule has 3 rings (SSSR count). The summed E-state index contributed by atoms with van der Waals surface area (Å²) in [6.07, 6.45) is 0. The van der Waals surface area contributed by atoms with Gasteiger partial charge in [-0.05, 0) is 38.1 Å². The van der Waals surface area contributed by atoms with Gasteiger partial charge in [-0.2, -0.15) is 0 Å². The van der Waals surface area contributed by atoms with E-state index in [0.29, 0.717) is 11.1 Å². The first-order valence-electron chi connectivity index (χ1n) is 7.83. The minimum atomic E-state index is -0.416. The van der Waals surface area contributed by atoms with Gasteiger partial charge in [0.25, 0.3) is 11.8 Å². The van der Waals surface area contributed by atoms with Gasteiger partial charge in [-0.15, -0.1) is 0 Å². The highest BCUT2D eigenvalue weighted by molar-refractivity contribution is 6.22. The molecular formula is C19H18N2O3. The Bertz CT molecular complexity index is 764. The maximum Gasteiger partial charge on any atom is 0.262 e. The van der Waals surface area contributed by atoms with E-state index in [9.17, 15) is 14.4 Å². The second-order valence-corrected chi connectivity index (χ2v) is 5.94. The molecule has 122 valence electrons. The molecule has 0 bridgehead atoms. The molecule has 1 heterocycles. The number of carbonyl (C=O) groups is 3. The lowest BCUT2D eigenvalue weighted by atomic mass is 10.1. The van der Waals surface area contributed by atoms with E-state index in [2.05, 4.69) is 0 Å². The topological polar surface area (TPSA) is 57.7 Å². The number of hydrogen-bond acceptors (Lipinski definition) is 3. The Morgan fingerprint density at radius 3 is 1.92 bits per heavy atom. The number of imide groups is 1. The minimum Gasteiger partial charge on any atom is -0.308 e. The summed E-state index contributed by atoms with van der Waals surface area (Å²) in [6.45, 7) is 3.53. The third-order valence-electron chi connectivity index (χ3n) is 3.99. The van der Waals surface area contributed by atoms with Crippen LogP contribution in [0.1, 0.15) is 34.6 Å². The number of fused-ring (bicyclic) bond motifs is 1. The number of carbonyl (C=O) groups excluding carboxylic acids is 3. The van der Waals surface area contributed by atoms with E-state index in [4.69, 9.17) is 0 Å². The summed E-state index contributed by atoms with van der Waals surface area (Å²) in [5.74, 6) is -1.12. The largest absolute Gasteiger partial charge is 0.308 e. The molecule has 2 aromatic rings. The van der Waals surface area contributed by atoms with Gasteiger partial charge in [0.05, 0.1) is 11.1 Å². The van der Waals surface area contributed by atoms with E-state index in [1.54, 1.807) is 29.2 Å². The average Bonchev–Trinajstić information content (AvgIpc) is 2.81. The summed E-state index contributed by atoms with van der Waals surface area (Å²) in [5, 5.41) is 0. The second-order valence-electron chi connectivity index (χ2n) is 5.94. The fraction of sp³-hybridized carbons (Fsp3) is 0.211. The standard InChI is InChI=1S/C19H18N2O3/c1-13(2)21(14-8-4-3-5-9-14)17(22)12-20-18(23)15-10-6-7-11-16(15)19(20)24/h3-11,13H,12H2,1-2H3. The van der Waals surface area contributed by atoms with E-state index < -0.39 is 11.8 Å². The molecule has 24 heavy (non-hydrogen) atoms. The Morgan fingerprint density at radius 2 is 1.42 bits per heavy atom. The number of nitrogens with zero attached hydrogens (tertiary/aromatic N) is 2. The van der Waals surface area contributed by atoms with Crippen LogP contribution in [0.5, 0.6) is 0 Å². The molecule has 0 saturated heterocycles. The molecule has 3 amide bonds. The molecule has 0 aliphatic carbocycles. The molecule has 0 unspecified atom stereocenters. The number of hydrogen-bond donors (Lipinski definition) is 0. The van der Waals surface area contributed by atoms with Crippen molar-refractivity contribution in [2.24, 2.45) is 0 Å². The summed E-state index contributed by atoms with van der Waals surface area (Å²) >= 11 is 0. The van der Waals surface area contributed by atoms with Crippen molar-refractivity contribution in [2.75, 3.05) is 11.4 Å². The van der Waals surface area contributed by atoms with Crippen molar-refractivity contribution >= 4 is 23.4 Å². The monoisotopic (exact) mass is 322 g/mol. The van der Waals surface area contributed by atoms with E-state index in [1.165, 1.54) is 0 Å². The predicted molar refractivity (Wildman–Crippen MR) is 90.9 cm³/mol. The first kappa shape index (κ1) is 15.9. The van der Waals surface area contributed by atoms with Crippen molar-refractivity contribution < 1.29 is 14.4 Å². The van der Waals surface area contributed by atoms with Gasteiger partial charge >= 0.3 is 0 Å². The number of amides is 3. The summed E-state index contributed by atoms with van der Waals surface area (Å²) in [7, 11) is 0. The predicted octanol–water partition coefficient (Wildman–Crippen LogP) is 2.72. The Balaban J connectivity index is 1.84. The zero-order valence-electron chi connectivity index (χ0n) is 13.6. The average molecular weight is 322 g/mol. The number of benzene rings is 2. The van der Waals surface area contributed by atoms with Crippen LogP contribution in [0.15, 0.2) is 54.6 Å². The molecule has 5 nitrogen and oxygen atoms in total. The Hall–Kier alpha value is -2.95. The highest BCUT2D eigenvalue weighted by atomic mass is 16.2. The molecule has 0 atom stereocenters. The zero-order valence-corrected chi connectivity index (χ0v) is 13.6. The number of anilines is 1. The van der Waals surface area contributed by atoms with Gasteiger partial charge < -0.3 is 4.90 Å². The van der Waals surface area contributed by atoms with Crippen molar-refractivity contribution in [2.45, 2.75) is 19.9 Å². The maximum absolute atomic E-state index is 12.8.